The van der Waals surface area contributed by atoms with Gasteiger partial charge < -0.3 is 4.74 Å². The summed E-state index contributed by atoms with van der Waals surface area (Å²) in [6.07, 6.45) is 5.39. The van der Waals surface area contributed by atoms with Gasteiger partial charge in [-0.1, -0.05) is 96.4 Å². The van der Waals surface area contributed by atoms with Gasteiger partial charge in [0.1, 0.15) is 15.7 Å². The minimum atomic E-state index is 0.490. The first-order chi connectivity index (χ1) is 23.4. The van der Waals surface area contributed by atoms with E-state index < -0.39 is 0 Å². The van der Waals surface area contributed by atoms with Crippen LogP contribution in [0.1, 0.15) is 22.6 Å². The molecule has 13 heteroatoms. The van der Waals surface area contributed by atoms with Crippen molar-refractivity contribution in [1.82, 2.24) is 40.0 Å². The maximum Gasteiger partial charge on any atom is 0.123 e. The van der Waals surface area contributed by atoms with Crippen molar-refractivity contribution in [2.24, 2.45) is 0 Å². The molecule has 9 nitrogen and oxygen atoms in total. The normalized spacial score (nSPS) is 11.0. The van der Waals surface area contributed by atoms with Gasteiger partial charge in [-0.2, -0.15) is 0 Å². The first-order valence-electron chi connectivity index (χ1n) is 15.2. The lowest BCUT2D eigenvalue weighted by Crippen LogP contribution is -2.05. The lowest BCUT2D eigenvalue weighted by Gasteiger charge is -2.05. The maximum atomic E-state index is 5.03. The second-order valence-electron chi connectivity index (χ2n) is 10.9. The Kier molecular flexibility index (Phi) is 11.7. The van der Waals surface area contributed by atoms with Gasteiger partial charge in [-0.25, -0.2) is 14.6 Å². The zero-order valence-corrected chi connectivity index (χ0v) is 31.1. The van der Waals surface area contributed by atoms with E-state index >= 15 is 0 Å². The van der Waals surface area contributed by atoms with E-state index in [1.807, 2.05) is 46.0 Å². The monoisotopic (exact) mass is 802 g/mol. The summed E-state index contributed by atoms with van der Waals surface area (Å²) in [6.45, 7) is 4.10. The average Bonchev–Trinajstić information content (AvgIpc) is 3.93. The van der Waals surface area contributed by atoms with Gasteiger partial charge in [-0.3, -0.25) is 4.68 Å². The molecule has 0 saturated carbocycles. The van der Waals surface area contributed by atoms with Crippen LogP contribution in [-0.2, 0) is 37.3 Å². The average molecular weight is 805 g/mol. The number of aryl methyl sites for hydroxylation is 5. The molecule has 0 fully saturated rings. The summed E-state index contributed by atoms with van der Waals surface area (Å²) >= 11 is 10.3. The molecular formula is C35H32Br2N8OS2. The molecule has 0 aliphatic heterocycles. The summed E-state index contributed by atoms with van der Waals surface area (Å²) in [6, 6.07) is 24.9. The smallest absolute Gasteiger partial charge is 0.123 e. The molecule has 0 N–H and O–H groups in total. The van der Waals surface area contributed by atoms with E-state index in [0.717, 1.165) is 84.4 Å². The van der Waals surface area contributed by atoms with Crippen molar-refractivity contribution in [3.8, 4) is 32.4 Å². The molecule has 4 aromatic heterocycles. The number of aromatic nitrogens is 8. The molecule has 0 unspecified atom stereocenters. The van der Waals surface area contributed by atoms with Crippen molar-refractivity contribution in [1.29, 1.82) is 0 Å². The van der Waals surface area contributed by atoms with Crippen LogP contribution in [0.15, 0.2) is 105 Å². The van der Waals surface area contributed by atoms with Gasteiger partial charge >= 0.3 is 0 Å². The molecule has 0 spiro atoms. The zero-order valence-electron chi connectivity index (χ0n) is 26.3. The predicted molar refractivity (Wildman–Crippen MR) is 199 cm³/mol. The Hall–Kier alpha value is -3.88. The van der Waals surface area contributed by atoms with Crippen LogP contribution >= 0.6 is 54.5 Å². The number of halogens is 2. The standard InChI is InChI=1S/C20H17BrN4S.C15H15BrN4OS/c1-14-2-4-15(5-3-14)19-12-22-24-25(19)11-10-18-13-26-20(23-18)16-6-8-17(21)9-7-16;1-21-9-14-8-20(19-18-14)7-6-13-10-22-15(17-13)11-2-4-12(16)5-3-11/h2-9,12-13H,10-11H2,1H3;2-5,8,10H,6-7,9H2,1H3. The van der Waals surface area contributed by atoms with Gasteiger partial charge in [0.05, 0.1) is 36.1 Å². The van der Waals surface area contributed by atoms with Gasteiger partial charge in [-0.15, -0.1) is 32.9 Å². The lowest BCUT2D eigenvalue weighted by molar-refractivity contribution is 0.181. The lowest BCUT2D eigenvalue weighted by atomic mass is 10.1. The van der Waals surface area contributed by atoms with E-state index in [2.05, 4.69) is 124 Å². The van der Waals surface area contributed by atoms with Crippen LogP contribution in [0.5, 0.6) is 0 Å². The molecule has 3 aromatic carbocycles. The van der Waals surface area contributed by atoms with E-state index in [9.17, 15) is 0 Å². The fraction of sp³-hybridized carbons (Fsp3) is 0.200. The van der Waals surface area contributed by atoms with Gasteiger partial charge in [0.2, 0.25) is 0 Å². The van der Waals surface area contributed by atoms with Gasteiger partial charge in [0, 0.05) is 69.4 Å². The van der Waals surface area contributed by atoms with Crippen molar-refractivity contribution < 1.29 is 4.74 Å². The minimum Gasteiger partial charge on any atom is -0.378 e. The highest BCUT2D eigenvalue weighted by atomic mass is 79.9. The topological polar surface area (TPSA) is 96.4 Å². The van der Waals surface area contributed by atoms with Crippen LogP contribution in [0.25, 0.3) is 32.4 Å². The largest absolute Gasteiger partial charge is 0.378 e. The maximum absolute atomic E-state index is 5.03. The van der Waals surface area contributed by atoms with Gasteiger partial charge in [0.15, 0.2) is 0 Å². The highest BCUT2D eigenvalue weighted by molar-refractivity contribution is 9.10. The van der Waals surface area contributed by atoms with Crippen LogP contribution in [-0.4, -0.2) is 47.1 Å². The third-order valence-electron chi connectivity index (χ3n) is 7.31. The summed E-state index contributed by atoms with van der Waals surface area (Å²) in [5, 5.41) is 22.8. The molecule has 48 heavy (non-hydrogen) atoms. The van der Waals surface area contributed by atoms with E-state index in [-0.39, 0.29) is 0 Å². The number of benzene rings is 3. The third-order valence-corrected chi connectivity index (χ3v) is 10.2. The highest BCUT2D eigenvalue weighted by Crippen LogP contribution is 2.27. The number of ether oxygens (including phenoxy) is 1. The summed E-state index contributed by atoms with van der Waals surface area (Å²) in [5.74, 6) is 0. The van der Waals surface area contributed by atoms with Crippen molar-refractivity contribution in [2.75, 3.05) is 7.11 Å². The van der Waals surface area contributed by atoms with Crippen LogP contribution in [0.3, 0.4) is 0 Å². The number of methoxy groups -OCH3 is 1. The van der Waals surface area contributed by atoms with Gasteiger partial charge in [-0.05, 0) is 31.2 Å². The zero-order chi connectivity index (χ0) is 33.3. The molecule has 0 bridgehead atoms. The molecule has 244 valence electrons. The second kappa shape index (κ2) is 16.5. The number of hydrogen-bond acceptors (Lipinski definition) is 9. The molecule has 0 aliphatic rings. The number of rotatable bonds is 11. The first-order valence-corrected chi connectivity index (χ1v) is 18.5. The Morgan fingerprint density at radius 2 is 1.25 bits per heavy atom. The number of thiazole rings is 2. The Balaban J connectivity index is 0.000000170. The molecule has 0 saturated heterocycles. The molecule has 4 heterocycles. The van der Waals surface area contributed by atoms with Gasteiger partial charge in [0.25, 0.3) is 0 Å². The summed E-state index contributed by atoms with van der Waals surface area (Å²) in [4.78, 5) is 9.45. The SMILES string of the molecule is COCc1cn(CCc2csc(-c3ccc(Br)cc3)n2)nn1.Cc1ccc(-c2cnnn2CCc2csc(-c3ccc(Br)cc3)n2)cc1. The highest BCUT2D eigenvalue weighted by Gasteiger charge is 2.10. The fourth-order valence-corrected chi connectivity index (χ4v) is 7.03. The molecule has 0 atom stereocenters. The Bertz CT molecular complexity index is 2030. The van der Waals surface area contributed by atoms with Crippen molar-refractivity contribution in [3.05, 3.63) is 128 Å². The van der Waals surface area contributed by atoms with E-state index in [1.165, 1.54) is 5.56 Å². The number of hydrogen-bond donors (Lipinski definition) is 0. The number of nitrogens with zero attached hydrogens (tertiary/aromatic N) is 8. The molecule has 0 amide bonds. The molecular weight excluding hydrogens is 772 g/mol. The van der Waals surface area contributed by atoms with E-state index in [0.29, 0.717) is 6.61 Å². The summed E-state index contributed by atoms with van der Waals surface area (Å²) in [5.41, 5.74) is 8.70. The van der Waals surface area contributed by atoms with Crippen molar-refractivity contribution >= 4 is 54.5 Å². The second-order valence-corrected chi connectivity index (χ2v) is 14.5. The molecule has 7 rings (SSSR count). The Morgan fingerprint density at radius 1 is 0.688 bits per heavy atom. The Morgan fingerprint density at radius 3 is 1.83 bits per heavy atom. The molecule has 7 aromatic rings. The van der Waals surface area contributed by atoms with E-state index in [4.69, 9.17) is 9.72 Å². The third kappa shape index (κ3) is 9.17. The minimum absolute atomic E-state index is 0.490. The quantitative estimate of drug-likeness (QED) is 0.129. The van der Waals surface area contributed by atoms with E-state index in [1.54, 1.807) is 29.8 Å². The van der Waals surface area contributed by atoms with Crippen molar-refractivity contribution in [3.63, 3.8) is 0 Å². The summed E-state index contributed by atoms with van der Waals surface area (Å²) < 4.78 is 11.0. The van der Waals surface area contributed by atoms with Crippen LogP contribution in [0, 0.1) is 6.92 Å². The van der Waals surface area contributed by atoms with Crippen LogP contribution < -0.4 is 0 Å². The first kappa shape index (κ1) is 34.0. The fourth-order valence-electron chi connectivity index (χ4n) is 4.78. The Labute approximate surface area is 303 Å². The van der Waals surface area contributed by atoms with Crippen LogP contribution in [0.4, 0.5) is 0 Å². The van der Waals surface area contributed by atoms with Crippen molar-refractivity contribution in [2.45, 2.75) is 39.5 Å². The van der Waals surface area contributed by atoms with Crippen LogP contribution in [0.2, 0.25) is 0 Å². The molecule has 0 radical (unpaired) electrons. The molecule has 0 aliphatic carbocycles. The summed E-state index contributed by atoms with van der Waals surface area (Å²) in [7, 11) is 1.65. The predicted octanol–water partition coefficient (Wildman–Crippen LogP) is 8.94.